The van der Waals surface area contributed by atoms with E-state index >= 15 is 0 Å². The largest absolute Gasteiger partial charge is 0.493 e. The molecule has 188 valence electrons. The Morgan fingerprint density at radius 1 is 1.06 bits per heavy atom. The molecule has 1 N–H and O–H groups in total. The fourth-order valence-corrected chi connectivity index (χ4v) is 4.06. The number of aryl methyl sites for hydroxylation is 2. The summed E-state index contributed by atoms with van der Waals surface area (Å²) in [5, 5.41) is 2.87. The van der Waals surface area contributed by atoms with Crippen molar-refractivity contribution in [2.45, 2.75) is 45.6 Å². The molecule has 35 heavy (non-hydrogen) atoms. The summed E-state index contributed by atoms with van der Waals surface area (Å²) >= 11 is 0. The standard InChI is InChI=1S/C28H37N3O4/c1-4-11-22-15-16-25(26(20-22)34-3)35-19-10-18-31-24-13-8-7-12-23(24)30-27(31)14-6-5-9-17-29-28(32)21-33-2/h4,7-8,11-13,15-16,20H,5-6,9-10,14,17-19,21H2,1-3H3,(H,29,32)/b11-4+. The molecule has 0 aliphatic rings. The molecule has 0 spiro atoms. The molecule has 0 unspecified atom stereocenters. The third-order valence-corrected chi connectivity index (χ3v) is 5.74. The van der Waals surface area contributed by atoms with Crippen LogP contribution in [0.4, 0.5) is 0 Å². The molecule has 1 amide bonds. The molecular formula is C28H37N3O4. The van der Waals surface area contributed by atoms with Crippen LogP contribution in [0.3, 0.4) is 0 Å². The minimum absolute atomic E-state index is 0.0668. The summed E-state index contributed by atoms with van der Waals surface area (Å²) in [5.74, 6) is 2.53. The molecule has 2 aromatic carbocycles. The maximum atomic E-state index is 11.5. The second-order valence-electron chi connectivity index (χ2n) is 8.37. The number of methoxy groups -OCH3 is 2. The molecule has 1 heterocycles. The number of amides is 1. The van der Waals surface area contributed by atoms with E-state index in [0.717, 1.165) is 72.6 Å². The number of hydrogen-bond acceptors (Lipinski definition) is 5. The Hall–Kier alpha value is -3.32. The van der Waals surface area contributed by atoms with E-state index in [1.165, 1.54) is 7.11 Å². The zero-order valence-corrected chi connectivity index (χ0v) is 21.1. The van der Waals surface area contributed by atoms with Gasteiger partial charge in [0.2, 0.25) is 5.91 Å². The topological polar surface area (TPSA) is 74.6 Å². The maximum Gasteiger partial charge on any atom is 0.245 e. The Morgan fingerprint density at radius 2 is 1.91 bits per heavy atom. The number of aromatic nitrogens is 2. The van der Waals surface area contributed by atoms with Crippen LogP contribution < -0.4 is 14.8 Å². The summed E-state index contributed by atoms with van der Waals surface area (Å²) in [7, 11) is 3.19. The molecule has 0 saturated heterocycles. The third kappa shape index (κ3) is 7.86. The number of fused-ring (bicyclic) bond motifs is 1. The SMILES string of the molecule is C/C=C/c1ccc(OCCCn2c(CCCCCNC(=O)COC)nc3ccccc32)c(OC)c1. The van der Waals surface area contributed by atoms with E-state index in [9.17, 15) is 4.79 Å². The summed E-state index contributed by atoms with van der Waals surface area (Å²) in [5.41, 5.74) is 3.27. The van der Waals surface area contributed by atoms with Crippen LogP contribution in [0.1, 0.15) is 44.0 Å². The molecule has 0 saturated carbocycles. The molecule has 3 aromatic rings. The molecule has 1 aromatic heterocycles. The Balaban J connectivity index is 1.53. The number of benzene rings is 2. The number of imidazole rings is 1. The van der Waals surface area contributed by atoms with Gasteiger partial charge >= 0.3 is 0 Å². The first kappa shape index (κ1) is 26.3. The molecular weight excluding hydrogens is 442 g/mol. The zero-order valence-electron chi connectivity index (χ0n) is 21.1. The number of carbonyl (C=O) groups excluding carboxylic acids is 1. The van der Waals surface area contributed by atoms with Gasteiger partial charge in [-0.05, 0) is 56.0 Å². The van der Waals surface area contributed by atoms with Gasteiger partial charge in [0.1, 0.15) is 12.4 Å². The van der Waals surface area contributed by atoms with E-state index in [2.05, 4.69) is 28.1 Å². The Kier molecular flexibility index (Phi) is 10.6. The minimum atomic E-state index is -0.0668. The fourth-order valence-electron chi connectivity index (χ4n) is 4.06. The van der Waals surface area contributed by atoms with Crippen LogP contribution in [-0.2, 0) is 22.5 Å². The van der Waals surface area contributed by atoms with Crippen LogP contribution in [0.25, 0.3) is 17.1 Å². The average molecular weight is 480 g/mol. The monoisotopic (exact) mass is 479 g/mol. The Bertz CT molecular complexity index is 1110. The number of rotatable bonds is 15. The van der Waals surface area contributed by atoms with Gasteiger partial charge in [0.15, 0.2) is 11.5 Å². The lowest BCUT2D eigenvalue weighted by Crippen LogP contribution is -2.27. The number of nitrogens with one attached hydrogen (secondary N) is 1. The number of ether oxygens (including phenoxy) is 3. The summed E-state index contributed by atoms with van der Waals surface area (Å²) in [6.45, 7) is 4.21. The van der Waals surface area contributed by atoms with Crippen LogP contribution in [0, 0.1) is 0 Å². The van der Waals surface area contributed by atoms with Crippen molar-refractivity contribution in [2.75, 3.05) is 34.0 Å². The van der Waals surface area contributed by atoms with Crippen molar-refractivity contribution in [1.82, 2.24) is 14.9 Å². The van der Waals surface area contributed by atoms with E-state index in [0.29, 0.717) is 13.2 Å². The first-order valence-corrected chi connectivity index (χ1v) is 12.3. The lowest BCUT2D eigenvalue weighted by molar-refractivity contribution is -0.124. The van der Waals surface area contributed by atoms with Gasteiger partial charge < -0.3 is 24.1 Å². The van der Waals surface area contributed by atoms with Gasteiger partial charge in [0.05, 0.1) is 24.8 Å². The van der Waals surface area contributed by atoms with Gasteiger partial charge in [-0.1, -0.05) is 36.8 Å². The predicted octanol–water partition coefficient (Wildman–Crippen LogP) is 5.02. The molecule has 0 aliphatic heterocycles. The van der Waals surface area contributed by atoms with Crippen molar-refractivity contribution < 1.29 is 19.0 Å². The van der Waals surface area contributed by atoms with Gasteiger partial charge in [-0.15, -0.1) is 0 Å². The van der Waals surface area contributed by atoms with Crippen molar-refractivity contribution in [2.24, 2.45) is 0 Å². The maximum absolute atomic E-state index is 11.5. The number of allylic oxidation sites excluding steroid dienone is 1. The molecule has 0 radical (unpaired) electrons. The number of nitrogens with zero attached hydrogens (tertiary/aromatic N) is 2. The van der Waals surface area contributed by atoms with Crippen LogP contribution >= 0.6 is 0 Å². The highest BCUT2D eigenvalue weighted by Gasteiger charge is 2.11. The molecule has 7 nitrogen and oxygen atoms in total. The lowest BCUT2D eigenvalue weighted by Gasteiger charge is -2.13. The molecule has 7 heteroatoms. The molecule has 0 bridgehead atoms. The van der Waals surface area contributed by atoms with Crippen LogP contribution in [0.15, 0.2) is 48.5 Å². The van der Waals surface area contributed by atoms with Gasteiger partial charge in [0.25, 0.3) is 0 Å². The molecule has 0 fully saturated rings. The Labute approximate surface area is 208 Å². The van der Waals surface area contributed by atoms with E-state index in [-0.39, 0.29) is 12.5 Å². The van der Waals surface area contributed by atoms with Crippen molar-refractivity contribution in [3.05, 3.63) is 59.9 Å². The smallest absolute Gasteiger partial charge is 0.245 e. The van der Waals surface area contributed by atoms with Gasteiger partial charge in [-0.3, -0.25) is 4.79 Å². The van der Waals surface area contributed by atoms with Crippen molar-refractivity contribution >= 4 is 23.0 Å². The highest BCUT2D eigenvalue weighted by Crippen LogP contribution is 2.29. The van der Waals surface area contributed by atoms with E-state index in [1.54, 1.807) is 7.11 Å². The van der Waals surface area contributed by atoms with Crippen LogP contribution in [0.2, 0.25) is 0 Å². The van der Waals surface area contributed by atoms with E-state index < -0.39 is 0 Å². The van der Waals surface area contributed by atoms with Crippen molar-refractivity contribution in [1.29, 1.82) is 0 Å². The first-order valence-electron chi connectivity index (χ1n) is 12.3. The van der Waals surface area contributed by atoms with E-state index in [1.807, 2.05) is 43.3 Å². The minimum Gasteiger partial charge on any atom is -0.493 e. The van der Waals surface area contributed by atoms with Crippen molar-refractivity contribution in [3.63, 3.8) is 0 Å². The van der Waals surface area contributed by atoms with Crippen LogP contribution in [0.5, 0.6) is 11.5 Å². The summed E-state index contributed by atoms with van der Waals surface area (Å²) in [6, 6.07) is 14.3. The second kappa shape index (κ2) is 14.2. The van der Waals surface area contributed by atoms with Crippen LogP contribution in [-0.4, -0.2) is 49.4 Å². The van der Waals surface area contributed by atoms with Gasteiger partial charge in [-0.2, -0.15) is 0 Å². The summed E-state index contributed by atoms with van der Waals surface area (Å²) in [6.07, 6.45) is 8.80. The summed E-state index contributed by atoms with van der Waals surface area (Å²) in [4.78, 5) is 16.3. The van der Waals surface area contributed by atoms with E-state index in [4.69, 9.17) is 19.2 Å². The molecule has 3 rings (SSSR count). The number of carbonyl (C=O) groups is 1. The number of hydrogen-bond donors (Lipinski definition) is 1. The quantitative estimate of drug-likeness (QED) is 0.310. The fraction of sp³-hybridized carbons (Fsp3) is 0.429. The normalized spacial score (nSPS) is 11.3. The predicted molar refractivity (Wildman–Crippen MR) is 140 cm³/mol. The second-order valence-corrected chi connectivity index (χ2v) is 8.37. The number of para-hydroxylation sites is 2. The summed E-state index contributed by atoms with van der Waals surface area (Å²) < 4.78 is 18.7. The highest BCUT2D eigenvalue weighted by molar-refractivity contribution is 5.77. The first-order chi connectivity index (χ1) is 17.2. The lowest BCUT2D eigenvalue weighted by atomic mass is 10.2. The average Bonchev–Trinajstić information content (AvgIpc) is 3.22. The zero-order chi connectivity index (χ0) is 24.9. The highest BCUT2D eigenvalue weighted by atomic mass is 16.5. The third-order valence-electron chi connectivity index (χ3n) is 5.74. The van der Waals surface area contributed by atoms with Gasteiger partial charge in [0, 0.05) is 26.6 Å². The van der Waals surface area contributed by atoms with Gasteiger partial charge in [-0.25, -0.2) is 4.98 Å². The van der Waals surface area contributed by atoms with Crippen molar-refractivity contribution in [3.8, 4) is 11.5 Å². The molecule has 0 atom stereocenters. The molecule has 0 aliphatic carbocycles. The number of unbranched alkanes of at least 4 members (excludes halogenated alkanes) is 2. The Morgan fingerprint density at radius 3 is 2.71 bits per heavy atom.